The van der Waals surface area contributed by atoms with Crippen LogP contribution in [0.25, 0.3) is 0 Å². The molecule has 5 heteroatoms. The smallest absolute Gasteiger partial charge is 0.435 e. The molecular formula is C15H22N2O3. The molecule has 2 bridgehead atoms. The summed E-state index contributed by atoms with van der Waals surface area (Å²) in [5, 5.41) is 4.12. The van der Waals surface area contributed by atoms with E-state index in [2.05, 4.69) is 12.0 Å². The molecule has 1 aromatic heterocycles. The summed E-state index contributed by atoms with van der Waals surface area (Å²) in [6, 6.07) is 1.71. The van der Waals surface area contributed by atoms with E-state index >= 15 is 0 Å². The highest BCUT2D eigenvalue weighted by molar-refractivity contribution is 5.69. The zero-order valence-corrected chi connectivity index (χ0v) is 12.5. The molecule has 1 aromatic rings. The minimum atomic E-state index is -0.522. The number of nitrogens with zero attached hydrogens (tertiary/aromatic N) is 2. The second-order valence-electron chi connectivity index (χ2n) is 7.19. The Kier molecular flexibility index (Phi) is 2.85. The fraction of sp³-hybridized carbons (Fsp3) is 0.733. The third-order valence-corrected chi connectivity index (χ3v) is 4.66. The van der Waals surface area contributed by atoms with E-state index < -0.39 is 11.7 Å². The van der Waals surface area contributed by atoms with Crippen LogP contribution < -0.4 is 4.74 Å². The fourth-order valence-corrected chi connectivity index (χ4v) is 3.15. The Morgan fingerprint density at radius 3 is 2.70 bits per heavy atom. The van der Waals surface area contributed by atoms with Crippen molar-refractivity contribution in [1.82, 2.24) is 9.78 Å². The molecule has 0 amide bonds. The lowest BCUT2D eigenvalue weighted by atomic mass is 9.38. The number of rotatable bonds is 3. The number of carbonyl (C=O) groups excluding carboxylic acids is 1. The third kappa shape index (κ3) is 2.19. The van der Waals surface area contributed by atoms with Gasteiger partial charge in [0.15, 0.2) is 0 Å². The van der Waals surface area contributed by atoms with E-state index in [4.69, 9.17) is 9.47 Å². The van der Waals surface area contributed by atoms with Crippen molar-refractivity contribution in [3.63, 3.8) is 0 Å². The van der Waals surface area contributed by atoms with Gasteiger partial charge in [0.25, 0.3) is 0 Å². The van der Waals surface area contributed by atoms with E-state index in [9.17, 15) is 4.79 Å². The molecule has 0 radical (unpaired) electrons. The van der Waals surface area contributed by atoms with Gasteiger partial charge < -0.3 is 9.47 Å². The maximum Gasteiger partial charge on any atom is 0.435 e. The molecule has 0 unspecified atom stereocenters. The molecule has 4 rings (SSSR count). The van der Waals surface area contributed by atoms with Crippen LogP contribution in [0.15, 0.2) is 12.3 Å². The Labute approximate surface area is 119 Å². The summed E-state index contributed by atoms with van der Waals surface area (Å²) in [6.07, 6.45) is 3.66. The zero-order valence-electron chi connectivity index (χ0n) is 12.5. The molecule has 3 aliphatic carbocycles. The molecule has 0 saturated heterocycles. The number of carbonyl (C=O) groups is 1. The predicted molar refractivity (Wildman–Crippen MR) is 73.7 cm³/mol. The number of ether oxygens (including phenoxy) is 2. The van der Waals surface area contributed by atoms with Gasteiger partial charge in [-0.05, 0) is 45.4 Å². The molecule has 3 saturated carbocycles. The van der Waals surface area contributed by atoms with E-state index in [0.717, 1.165) is 11.8 Å². The molecule has 3 aliphatic rings. The second-order valence-corrected chi connectivity index (χ2v) is 7.19. The van der Waals surface area contributed by atoms with Crippen molar-refractivity contribution in [3.8, 4) is 5.88 Å². The van der Waals surface area contributed by atoms with Crippen LogP contribution in [0.4, 0.5) is 4.79 Å². The number of hydrogen-bond donors (Lipinski definition) is 0. The van der Waals surface area contributed by atoms with Gasteiger partial charge in [0.2, 0.25) is 5.88 Å². The zero-order chi connectivity index (χ0) is 14.5. The standard InChI is InChI=1S/C15H22N2O3/c1-10-11-7-15(10,8-11)9-19-12-5-6-17(16-12)13(18)20-14(2,3)4/h5-6,10-11H,7-9H2,1-4H3/t10-,11?,15?/m1/s1. The van der Waals surface area contributed by atoms with E-state index in [1.165, 1.54) is 17.5 Å². The van der Waals surface area contributed by atoms with Crippen molar-refractivity contribution in [3.05, 3.63) is 12.3 Å². The summed E-state index contributed by atoms with van der Waals surface area (Å²) < 4.78 is 12.2. The largest absolute Gasteiger partial charge is 0.476 e. The highest BCUT2D eigenvalue weighted by atomic mass is 16.6. The molecule has 1 atom stereocenters. The first-order valence-electron chi connectivity index (χ1n) is 7.21. The average molecular weight is 278 g/mol. The predicted octanol–water partition coefficient (Wildman–Crippen LogP) is 3.09. The minimum absolute atomic E-state index is 0.375. The van der Waals surface area contributed by atoms with Crippen molar-refractivity contribution in [1.29, 1.82) is 0 Å². The monoisotopic (exact) mass is 278 g/mol. The lowest BCUT2D eigenvalue weighted by Crippen LogP contribution is -2.62. The second kappa shape index (κ2) is 4.24. The molecule has 5 nitrogen and oxygen atoms in total. The summed E-state index contributed by atoms with van der Waals surface area (Å²) in [5.41, 5.74) is -0.147. The van der Waals surface area contributed by atoms with Crippen LogP contribution in [0, 0.1) is 17.3 Å². The topological polar surface area (TPSA) is 53.4 Å². The Balaban J connectivity index is 1.55. The molecule has 0 N–H and O–H groups in total. The normalized spacial score (nSPS) is 31.2. The van der Waals surface area contributed by atoms with Crippen molar-refractivity contribution in [2.75, 3.05) is 6.61 Å². The van der Waals surface area contributed by atoms with E-state index in [1.807, 2.05) is 20.8 Å². The van der Waals surface area contributed by atoms with Gasteiger partial charge in [-0.25, -0.2) is 4.79 Å². The molecule has 1 heterocycles. The molecule has 0 aromatic carbocycles. The highest BCUT2D eigenvalue weighted by Gasteiger charge is 2.63. The Bertz CT molecular complexity index is 523. The summed E-state index contributed by atoms with van der Waals surface area (Å²) in [6.45, 7) is 8.48. The number of aromatic nitrogens is 2. The average Bonchev–Trinajstić information content (AvgIpc) is 2.74. The molecule has 3 fully saturated rings. The van der Waals surface area contributed by atoms with Crippen LogP contribution in [0.1, 0.15) is 40.5 Å². The summed E-state index contributed by atoms with van der Waals surface area (Å²) in [4.78, 5) is 11.8. The van der Waals surface area contributed by atoms with Crippen LogP contribution in [0.3, 0.4) is 0 Å². The SMILES string of the molecule is C[C@@H]1C2CC1(COc1ccn(C(=O)OC(C)(C)C)n1)C2. The van der Waals surface area contributed by atoms with Gasteiger partial charge in [-0.2, -0.15) is 4.68 Å². The quantitative estimate of drug-likeness (QED) is 0.852. The van der Waals surface area contributed by atoms with Crippen molar-refractivity contribution >= 4 is 6.09 Å². The maximum absolute atomic E-state index is 11.8. The van der Waals surface area contributed by atoms with Crippen LogP contribution in [0.5, 0.6) is 5.88 Å². The van der Waals surface area contributed by atoms with E-state index in [-0.39, 0.29) is 0 Å². The molecule has 0 aliphatic heterocycles. The first kappa shape index (κ1) is 13.5. The van der Waals surface area contributed by atoms with Gasteiger partial charge in [-0.1, -0.05) is 6.92 Å². The van der Waals surface area contributed by atoms with Crippen LogP contribution >= 0.6 is 0 Å². The first-order valence-corrected chi connectivity index (χ1v) is 7.21. The van der Waals surface area contributed by atoms with Gasteiger partial charge in [0.1, 0.15) is 5.60 Å². The molecule has 0 spiro atoms. The fourth-order valence-electron chi connectivity index (χ4n) is 3.15. The Morgan fingerprint density at radius 1 is 1.50 bits per heavy atom. The highest BCUT2D eigenvalue weighted by Crippen LogP contribution is 2.68. The molecule has 110 valence electrons. The van der Waals surface area contributed by atoms with E-state index in [0.29, 0.717) is 17.9 Å². The van der Waals surface area contributed by atoms with Crippen molar-refractivity contribution in [2.45, 2.75) is 46.1 Å². The third-order valence-electron chi connectivity index (χ3n) is 4.66. The van der Waals surface area contributed by atoms with Gasteiger partial charge >= 0.3 is 6.09 Å². The summed E-state index contributed by atoms with van der Waals surface area (Å²) >= 11 is 0. The van der Waals surface area contributed by atoms with Crippen LogP contribution in [-0.4, -0.2) is 28.1 Å². The van der Waals surface area contributed by atoms with Crippen LogP contribution in [-0.2, 0) is 4.74 Å². The lowest BCUT2D eigenvalue weighted by Gasteiger charge is -2.67. The van der Waals surface area contributed by atoms with Gasteiger partial charge in [0.05, 0.1) is 6.61 Å². The maximum atomic E-state index is 11.8. The molecular weight excluding hydrogens is 256 g/mol. The Morgan fingerprint density at radius 2 is 2.20 bits per heavy atom. The van der Waals surface area contributed by atoms with Gasteiger partial charge in [0, 0.05) is 17.7 Å². The van der Waals surface area contributed by atoms with E-state index in [1.54, 1.807) is 12.3 Å². The first-order chi connectivity index (χ1) is 9.29. The van der Waals surface area contributed by atoms with Gasteiger partial charge in [-0.15, -0.1) is 5.10 Å². The lowest BCUT2D eigenvalue weighted by molar-refractivity contribution is -0.199. The van der Waals surface area contributed by atoms with Gasteiger partial charge in [-0.3, -0.25) is 0 Å². The van der Waals surface area contributed by atoms with Crippen molar-refractivity contribution < 1.29 is 14.3 Å². The summed E-state index contributed by atoms with van der Waals surface area (Å²) in [5.74, 6) is 2.18. The minimum Gasteiger partial charge on any atom is -0.476 e. The Hall–Kier alpha value is -1.52. The van der Waals surface area contributed by atoms with Crippen molar-refractivity contribution in [2.24, 2.45) is 17.3 Å². The molecule has 20 heavy (non-hydrogen) atoms. The van der Waals surface area contributed by atoms with Crippen LogP contribution in [0.2, 0.25) is 0 Å². The summed E-state index contributed by atoms with van der Waals surface area (Å²) in [7, 11) is 0. The number of hydrogen-bond acceptors (Lipinski definition) is 4.